The molecule has 3 N–H and O–H groups in total. The molecular weight excluding hydrogens is 368 g/mol. The van der Waals surface area contributed by atoms with Crippen molar-refractivity contribution in [3.05, 3.63) is 52.6 Å². The molecule has 27 heavy (non-hydrogen) atoms. The Hall–Kier alpha value is -2.58. The Labute approximate surface area is 158 Å². The van der Waals surface area contributed by atoms with Crippen molar-refractivity contribution in [2.75, 3.05) is 13.2 Å². The molecule has 1 amide bonds. The zero-order valence-corrected chi connectivity index (χ0v) is 16.2. The Morgan fingerprint density at radius 2 is 1.78 bits per heavy atom. The highest BCUT2D eigenvalue weighted by Crippen LogP contribution is 2.32. The topological polar surface area (TPSA) is 108 Å². The lowest BCUT2D eigenvalue weighted by Crippen LogP contribution is -2.27. The predicted octanol–water partition coefficient (Wildman–Crippen LogP) is 2.21. The maximum absolute atomic E-state index is 12.7. The van der Waals surface area contributed by atoms with Gasteiger partial charge in [-0.05, 0) is 61.7 Å². The molecule has 8 heteroatoms. The first-order chi connectivity index (χ1) is 12.7. The maximum atomic E-state index is 12.7. The summed E-state index contributed by atoms with van der Waals surface area (Å²) in [7, 11) is -3.91. The van der Waals surface area contributed by atoms with Crippen LogP contribution in [0.5, 0.6) is 11.5 Å². The van der Waals surface area contributed by atoms with E-state index in [-0.39, 0.29) is 22.4 Å². The number of fused-ring (bicyclic) bond motifs is 1. The van der Waals surface area contributed by atoms with Gasteiger partial charge in [0.25, 0.3) is 5.91 Å². The number of ether oxygens (including phenoxy) is 2. The lowest BCUT2D eigenvalue weighted by Gasteiger charge is -2.21. The Balaban J connectivity index is 1.84. The average Bonchev–Trinajstić information content (AvgIpc) is 2.62. The van der Waals surface area contributed by atoms with E-state index in [4.69, 9.17) is 14.6 Å². The Morgan fingerprint density at radius 1 is 1.11 bits per heavy atom. The van der Waals surface area contributed by atoms with E-state index < -0.39 is 10.0 Å². The second kappa shape index (κ2) is 7.21. The standard InChI is InChI=1S/C19H22N2O5S/c1-11-8-15(10-18(12(11)2)27(20,23)24)19(22)21-13(3)14-4-5-16-17(9-14)26-7-6-25-16/h4-5,8-10,13H,6-7H2,1-3H3,(H,21,22)(H2,20,23,24). The third kappa shape index (κ3) is 4.06. The van der Waals surface area contributed by atoms with Gasteiger partial charge < -0.3 is 14.8 Å². The van der Waals surface area contributed by atoms with Crippen LogP contribution in [0.2, 0.25) is 0 Å². The van der Waals surface area contributed by atoms with Crippen LogP contribution >= 0.6 is 0 Å². The van der Waals surface area contributed by atoms with Crippen LogP contribution in [0.1, 0.15) is 40.0 Å². The summed E-state index contributed by atoms with van der Waals surface area (Å²) in [5, 5.41) is 8.14. The van der Waals surface area contributed by atoms with Crippen LogP contribution in [0.4, 0.5) is 0 Å². The number of rotatable bonds is 4. The van der Waals surface area contributed by atoms with Gasteiger partial charge in [-0.2, -0.15) is 0 Å². The quantitative estimate of drug-likeness (QED) is 0.832. The molecule has 1 atom stereocenters. The molecule has 144 valence electrons. The Bertz CT molecular complexity index is 1000. The molecule has 0 aliphatic carbocycles. The van der Waals surface area contributed by atoms with E-state index >= 15 is 0 Å². The molecular formula is C19H22N2O5S. The lowest BCUT2D eigenvalue weighted by atomic mass is 10.0. The minimum atomic E-state index is -3.91. The molecule has 0 saturated carbocycles. The summed E-state index contributed by atoms with van der Waals surface area (Å²) in [5.74, 6) is 0.934. The molecule has 3 rings (SSSR count). The summed E-state index contributed by atoms with van der Waals surface area (Å²) in [6.07, 6.45) is 0. The van der Waals surface area contributed by atoms with Crippen LogP contribution < -0.4 is 19.9 Å². The van der Waals surface area contributed by atoms with Gasteiger partial charge in [-0.3, -0.25) is 4.79 Å². The highest BCUT2D eigenvalue weighted by Gasteiger charge is 2.20. The van der Waals surface area contributed by atoms with E-state index in [0.717, 1.165) is 5.56 Å². The van der Waals surface area contributed by atoms with Crippen LogP contribution in [0.3, 0.4) is 0 Å². The van der Waals surface area contributed by atoms with Gasteiger partial charge in [0, 0.05) is 5.56 Å². The second-order valence-corrected chi connectivity index (χ2v) is 8.09. The Morgan fingerprint density at radius 3 is 2.44 bits per heavy atom. The lowest BCUT2D eigenvalue weighted by molar-refractivity contribution is 0.0939. The van der Waals surface area contributed by atoms with E-state index in [9.17, 15) is 13.2 Å². The van der Waals surface area contributed by atoms with Crippen molar-refractivity contribution in [1.29, 1.82) is 0 Å². The normalized spacial score (nSPS) is 14.5. The van der Waals surface area contributed by atoms with Crippen molar-refractivity contribution < 1.29 is 22.7 Å². The number of primary sulfonamides is 1. The maximum Gasteiger partial charge on any atom is 0.251 e. The van der Waals surface area contributed by atoms with Crippen molar-refractivity contribution in [3.63, 3.8) is 0 Å². The van der Waals surface area contributed by atoms with Crippen molar-refractivity contribution in [1.82, 2.24) is 5.32 Å². The van der Waals surface area contributed by atoms with Crippen molar-refractivity contribution >= 4 is 15.9 Å². The van der Waals surface area contributed by atoms with Crippen molar-refractivity contribution in [2.24, 2.45) is 5.14 Å². The van der Waals surface area contributed by atoms with Crippen LogP contribution in [-0.4, -0.2) is 27.5 Å². The van der Waals surface area contributed by atoms with Gasteiger partial charge in [-0.25, -0.2) is 13.6 Å². The van der Waals surface area contributed by atoms with Gasteiger partial charge in [-0.15, -0.1) is 0 Å². The molecule has 1 aliphatic rings. The number of carbonyl (C=O) groups excluding carboxylic acids is 1. The molecule has 7 nitrogen and oxygen atoms in total. The molecule has 0 bridgehead atoms. The fraction of sp³-hybridized carbons (Fsp3) is 0.316. The number of amides is 1. The third-order valence-electron chi connectivity index (χ3n) is 4.60. The summed E-state index contributed by atoms with van der Waals surface area (Å²) >= 11 is 0. The van der Waals surface area contributed by atoms with Crippen LogP contribution in [0.15, 0.2) is 35.2 Å². The molecule has 1 unspecified atom stereocenters. The van der Waals surface area contributed by atoms with Gasteiger partial charge >= 0.3 is 0 Å². The molecule has 0 fully saturated rings. The van der Waals surface area contributed by atoms with Crippen molar-refractivity contribution in [3.8, 4) is 11.5 Å². The largest absolute Gasteiger partial charge is 0.486 e. The monoisotopic (exact) mass is 390 g/mol. The number of sulfonamides is 1. The van der Waals surface area contributed by atoms with Crippen LogP contribution in [0.25, 0.3) is 0 Å². The number of hydrogen-bond donors (Lipinski definition) is 2. The van der Waals surface area contributed by atoms with Gasteiger partial charge in [0.15, 0.2) is 11.5 Å². The number of nitrogens with two attached hydrogens (primary N) is 1. The summed E-state index contributed by atoms with van der Waals surface area (Å²) in [5.41, 5.74) is 2.31. The van der Waals surface area contributed by atoms with E-state index in [1.807, 2.05) is 25.1 Å². The highest BCUT2D eigenvalue weighted by molar-refractivity contribution is 7.89. The third-order valence-corrected chi connectivity index (χ3v) is 5.64. The number of hydrogen-bond acceptors (Lipinski definition) is 5. The number of carbonyl (C=O) groups is 1. The fourth-order valence-electron chi connectivity index (χ4n) is 2.95. The zero-order chi connectivity index (χ0) is 19.8. The van der Waals surface area contributed by atoms with Gasteiger partial charge in [0.05, 0.1) is 10.9 Å². The van der Waals surface area contributed by atoms with Gasteiger partial charge in [-0.1, -0.05) is 6.07 Å². The van der Waals surface area contributed by atoms with E-state index in [0.29, 0.717) is 35.8 Å². The number of nitrogens with one attached hydrogen (secondary N) is 1. The minimum Gasteiger partial charge on any atom is -0.486 e. The fourth-order valence-corrected chi connectivity index (χ4v) is 3.83. The van der Waals surface area contributed by atoms with Crippen molar-refractivity contribution in [2.45, 2.75) is 31.7 Å². The molecule has 2 aromatic rings. The smallest absolute Gasteiger partial charge is 0.251 e. The summed E-state index contributed by atoms with van der Waals surface area (Å²) in [4.78, 5) is 12.6. The van der Waals surface area contributed by atoms with E-state index in [1.54, 1.807) is 19.9 Å². The first-order valence-electron chi connectivity index (χ1n) is 8.51. The van der Waals surface area contributed by atoms with Gasteiger partial charge in [0.2, 0.25) is 10.0 Å². The summed E-state index contributed by atoms with van der Waals surface area (Å²) in [6, 6.07) is 8.14. The summed E-state index contributed by atoms with van der Waals surface area (Å²) in [6.45, 7) is 6.23. The van der Waals surface area contributed by atoms with Gasteiger partial charge in [0.1, 0.15) is 13.2 Å². The first-order valence-corrected chi connectivity index (χ1v) is 10.1. The second-order valence-electron chi connectivity index (χ2n) is 6.56. The van der Waals surface area contributed by atoms with E-state index in [2.05, 4.69) is 5.32 Å². The van der Waals surface area contributed by atoms with Crippen LogP contribution in [0, 0.1) is 13.8 Å². The molecule has 0 saturated heterocycles. The van der Waals surface area contributed by atoms with Crippen LogP contribution in [-0.2, 0) is 10.0 Å². The zero-order valence-electron chi connectivity index (χ0n) is 15.4. The Kier molecular flexibility index (Phi) is 5.12. The molecule has 0 aromatic heterocycles. The molecule has 1 heterocycles. The predicted molar refractivity (Wildman–Crippen MR) is 101 cm³/mol. The minimum absolute atomic E-state index is 0.0420. The first kappa shape index (κ1) is 19.2. The van der Waals surface area contributed by atoms with E-state index in [1.165, 1.54) is 6.07 Å². The molecule has 0 radical (unpaired) electrons. The number of aryl methyl sites for hydroxylation is 1. The number of benzene rings is 2. The average molecular weight is 390 g/mol. The summed E-state index contributed by atoms with van der Waals surface area (Å²) < 4.78 is 34.6. The molecule has 2 aromatic carbocycles. The SMILES string of the molecule is Cc1cc(C(=O)NC(C)c2ccc3c(c2)OCCO3)cc(S(N)(=O)=O)c1C. The molecule has 1 aliphatic heterocycles. The highest BCUT2D eigenvalue weighted by atomic mass is 32.2. The molecule has 0 spiro atoms.